The normalized spacial score (nSPS) is 15.8. The van der Waals surface area contributed by atoms with Crippen LogP contribution in [0.15, 0.2) is 42.5 Å². The molecular formula is C24H25FN2O3. The second kappa shape index (κ2) is 7.94. The van der Waals surface area contributed by atoms with Gasteiger partial charge in [0, 0.05) is 29.7 Å². The standard InChI is InChI=1S/C24H25FN2O3/c1-15-4-3-5-16(10-15)11-23(28)26(2)18-7-9-22-20(13-18)19-12-17(25)6-8-21(19)27(22)14-24(29)30/h3-6,8,10,12,18H,7,9,11,13-14H2,1-2H3,(H,29,30)/t18-/m0/s1. The van der Waals surface area contributed by atoms with Crippen molar-refractivity contribution in [1.82, 2.24) is 9.47 Å². The van der Waals surface area contributed by atoms with E-state index in [-0.39, 0.29) is 24.3 Å². The van der Waals surface area contributed by atoms with Gasteiger partial charge in [-0.2, -0.15) is 0 Å². The van der Waals surface area contributed by atoms with Gasteiger partial charge < -0.3 is 14.6 Å². The molecule has 156 valence electrons. The zero-order valence-corrected chi connectivity index (χ0v) is 17.2. The molecule has 0 saturated heterocycles. The first kappa shape index (κ1) is 20.1. The molecule has 0 spiro atoms. The minimum atomic E-state index is -0.924. The summed E-state index contributed by atoms with van der Waals surface area (Å²) in [6.07, 6.45) is 2.35. The number of rotatable bonds is 5. The monoisotopic (exact) mass is 408 g/mol. The molecule has 0 aliphatic heterocycles. The van der Waals surface area contributed by atoms with Crippen molar-refractivity contribution in [3.05, 3.63) is 70.7 Å². The number of carboxylic acid groups (broad SMARTS) is 1. The molecule has 3 aromatic rings. The van der Waals surface area contributed by atoms with E-state index in [1.165, 1.54) is 12.1 Å². The lowest BCUT2D eigenvalue weighted by atomic mass is 9.90. The third-order valence-corrected chi connectivity index (χ3v) is 6.08. The summed E-state index contributed by atoms with van der Waals surface area (Å²) in [5.74, 6) is -1.22. The van der Waals surface area contributed by atoms with Crippen molar-refractivity contribution in [2.24, 2.45) is 0 Å². The van der Waals surface area contributed by atoms with Crippen LogP contribution in [0.3, 0.4) is 0 Å². The summed E-state index contributed by atoms with van der Waals surface area (Å²) >= 11 is 0. The summed E-state index contributed by atoms with van der Waals surface area (Å²) in [7, 11) is 1.82. The molecule has 4 rings (SSSR count). The van der Waals surface area contributed by atoms with Gasteiger partial charge in [-0.25, -0.2) is 4.39 Å². The van der Waals surface area contributed by atoms with E-state index in [0.29, 0.717) is 19.3 Å². The molecule has 6 heteroatoms. The van der Waals surface area contributed by atoms with Crippen LogP contribution >= 0.6 is 0 Å². The van der Waals surface area contributed by atoms with Gasteiger partial charge in [-0.15, -0.1) is 0 Å². The van der Waals surface area contributed by atoms with Gasteiger partial charge in [0.2, 0.25) is 5.91 Å². The molecular weight excluding hydrogens is 383 g/mol. The molecule has 0 fully saturated rings. The number of fused-ring (bicyclic) bond motifs is 3. The van der Waals surface area contributed by atoms with E-state index in [1.807, 2.05) is 38.2 Å². The molecule has 1 N–H and O–H groups in total. The molecule has 1 heterocycles. The Hall–Kier alpha value is -3.15. The molecule has 1 aliphatic rings. The number of carboxylic acids is 1. The number of aromatic nitrogens is 1. The topological polar surface area (TPSA) is 62.5 Å². The third kappa shape index (κ3) is 3.82. The number of aliphatic carboxylic acids is 1. The van der Waals surface area contributed by atoms with E-state index in [9.17, 15) is 19.1 Å². The highest BCUT2D eigenvalue weighted by atomic mass is 19.1. The number of nitrogens with zero attached hydrogens (tertiary/aromatic N) is 2. The van der Waals surface area contributed by atoms with Gasteiger partial charge in [-0.1, -0.05) is 29.8 Å². The fraction of sp³-hybridized carbons (Fsp3) is 0.333. The predicted molar refractivity (Wildman–Crippen MR) is 113 cm³/mol. The van der Waals surface area contributed by atoms with E-state index < -0.39 is 5.97 Å². The molecule has 0 bridgehead atoms. The fourth-order valence-corrected chi connectivity index (χ4v) is 4.58. The second-order valence-electron chi connectivity index (χ2n) is 8.13. The van der Waals surface area contributed by atoms with Crippen LogP contribution in [0.2, 0.25) is 0 Å². The minimum absolute atomic E-state index is 0.00181. The van der Waals surface area contributed by atoms with Crippen LogP contribution in [-0.4, -0.2) is 39.5 Å². The lowest BCUT2D eigenvalue weighted by Gasteiger charge is -2.32. The van der Waals surface area contributed by atoms with Crippen molar-refractivity contribution in [3.8, 4) is 0 Å². The highest BCUT2D eigenvalue weighted by Gasteiger charge is 2.30. The van der Waals surface area contributed by atoms with Gasteiger partial charge >= 0.3 is 5.97 Å². The zero-order valence-electron chi connectivity index (χ0n) is 17.2. The molecule has 2 aromatic carbocycles. The van der Waals surface area contributed by atoms with Crippen LogP contribution in [0.1, 0.15) is 28.8 Å². The van der Waals surface area contributed by atoms with Gasteiger partial charge in [0.05, 0.1) is 6.42 Å². The van der Waals surface area contributed by atoms with Crippen LogP contribution in [0.4, 0.5) is 4.39 Å². The Morgan fingerprint density at radius 3 is 2.77 bits per heavy atom. The number of carbonyl (C=O) groups excluding carboxylic acids is 1. The second-order valence-corrected chi connectivity index (χ2v) is 8.13. The number of amides is 1. The van der Waals surface area contributed by atoms with Crippen molar-refractivity contribution in [1.29, 1.82) is 0 Å². The molecule has 1 aliphatic carbocycles. The van der Waals surface area contributed by atoms with E-state index in [2.05, 4.69) is 0 Å². The molecule has 1 atom stereocenters. The summed E-state index contributed by atoms with van der Waals surface area (Å²) in [4.78, 5) is 26.1. The summed E-state index contributed by atoms with van der Waals surface area (Å²) in [6, 6.07) is 12.4. The zero-order chi connectivity index (χ0) is 21.4. The Bertz CT molecular complexity index is 1130. The molecule has 30 heavy (non-hydrogen) atoms. The Balaban J connectivity index is 1.61. The fourth-order valence-electron chi connectivity index (χ4n) is 4.58. The molecule has 5 nitrogen and oxygen atoms in total. The van der Waals surface area contributed by atoms with E-state index in [4.69, 9.17) is 0 Å². The SMILES string of the molecule is Cc1cccc(CC(=O)N(C)[C@H]2CCc3c(c4cc(F)ccc4n3CC(=O)O)C2)c1. The Morgan fingerprint density at radius 2 is 2.03 bits per heavy atom. The number of benzene rings is 2. The minimum Gasteiger partial charge on any atom is -0.480 e. The number of hydrogen-bond donors (Lipinski definition) is 1. The maximum absolute atomic E-state index is 13.9. The van der Waals surface area contributed by atoms with Gasteiger partial charge in [0.15, 0.2) is 0 Å². The molecule has 0 radical (unpaired) electrons. The summed E-state index contributed by atoms with van der Waals surface area (Å²) in [5, 5.41) is 10.1. The average molecular weight is 408 g/mol. The molecule has 1 aromatic heterocycles. The number of hydrogen-bond acceptors (Lipinski definition) is 2. The van der Waals surface area contributed by atoms with Crippen molar-refractivity contribution >= 4 is 22.8 Å². The van der Waals surface area contributed by atoms with E-state index in [1.54, 1.807) is 15.5 Å². The average Bonchev–Trinajstić information content (AvgIpc) is 2.99. The van der Waals surface area contributed by atoms with Gasteiger partial charge in [0.25, 0.3) is 0 Å². The first-order valence-corrected chi connectivity index (χ1v) is 10.2. The molecule has 0 saturated carbocycles. The number of aryl methyl sites for hydroxylation is 1. The first-order valence-electron chi connectivity index (χ1n) is 10.2. The Labute approximate surface area is 174 Å². The number of carbonyl (C=O) groups is 2. The van der Waals surface area contributed by atoms with Crippen LogP contribution in [-0.2, 0) is 35.4 Å². The van der Waals surface area contributed by atoms with Crippen molar-refractivity contribution < 1.29 is 19.1 Å². The van der Waals surface area contributed by atoms with Crippen LogP contribution in [0, 0.1) is 12.7 Å². The van der Waals surface area contributed by atoms with E-state index in [0.717, 1.165) is 39.7 Å². The molecule has 0 unspecified atom stereocenters. The number of likely N-dealkylation sites (N-methyl/N-ethyl adjacent to an activating group) is 1. The van der Waals surface area contributed by atoms with Crippen LogP contribution in [0.5, 0.6) is 0 Å². The van der Waals surface area contributed by atoms with Crippen molar-refractivity contribution in [2.45, 2.75) is 45.2 Å². The summed E-state index contributed by atoms with van der Waals surface area (Å²) in [6.45, 7) is 1.86. The van der Waals surface area contributed by atoms with Gasteiger partial charge in [-0.3, -0.25) is 9.59 Å². The quantitative estimate of drug-likeness (QED) is 0.700. The summed E-state index contributed by atoms with van der Waals surface area (Å²) in [5.41, 5.74) is 4.74. The lowest BCUT2D eigenvalue weighted by Crippen LogP contribution is -2.41. The van der Waals surface area contributed by atoms with Crippen molar-refractivity contribution in [2.75, 3.05) is 7.05 Å². The number of halogens is 1. The first-order chi connectivity index (χ1) is 14.3. The Kier molecular flexibility index (Phi) is 5.33. The largest absolute Gasteiger partial charge is 0.480 e. The smallest absolute Gasteiger partial charge is 0.323 e. The maximum Gasteiger partial charge on any atom is 0.323 e. The molecule has 1 amide bonds. The van der Waals surface area contributed by atoms with E-state index >= 15 is 0 Å². The van der Waals surface area contributed by atoms with Gasteiger partial charge in [-0.05, 0) is 55.5 Å². The van der Waals surface area contributed by atoms with Crippen LogP contribution < -0.4 is 0 Å². The Morgan fingerprint density at radius 1 is 1.23 bits per heavy atom. The lowest BCUT2D eigenvalue weighted by molar-refractivity contribution is -0.137. The summed E-state index contributed by atoms with van der Waals surface area (Å²) < 4.78 is 15.7. The maximum atomic E-state index is 13.9. The highest BCUT2D eigenvalue weighted by Crippen LogP contribution is 2.34. The van der Waals surface area contributed by atoms with Crippen LogP contribution in [0.25, 0.3) is 10.9 Å². The third-order valence-electron chi connectivity index (χ3n) is 6.08. The van der Waals surface area contributed by atoms with Crippen molar-refractivity contribution in [3.63, 3.8) is 0 Å². The van der Waals surface area contributed by atoms with Gasteiger partial charge in [0.1, 0.15) is 12.4 Å². The predicted octanol–water partition coefficient (Wildman–Crippen LogP) is 3.73. The highest BCUT2D eigenvalue weighted by molar-refractivity contribution is 5.87.